The lowest BCUT2D eigenvalue weighted by molar-refractivity contribution is 0.291. The van der Waals surface area contributed by atoms with Crippen LogP contribution in [0.15, 0.2) is 40.9 Å². The zero-order chi connectivity index (χ0) is 20.8. The second kappa shape index (κ2) is 9.80. The Bertz CT molecular complexity index is 1030. The highest BCUT2D eigenvalue weighted by atomic mass is 79.9. The number of halogens is 1. The quantitative estimate of drug-likeness (QED) is 0.425. The average Bonchev–Trinajstić information content (AvgIpc) is 3.10. The molecule has 9 heteroatoms. The van der Waals surface area contributed by atoms with Crippen molar-refractivity contribution in [3.8, 4) is 28.6 Å². The van der Waals surface area contributed by atoms with E-state index in [0.717, 1.165) is 22.0 Å². The number of benzene rings is 2. The fourth-order valence-electron chi connectivity index (χ4n) is 2.89. The lowest BCUT2D eigenvalue weighted by Gasteiger charge is -2.17. The van der Waals surface area contributed by atoms with E-state index in [1.54, 1.807) is 18.9 Å². The highest BCUT2D eigenvalue weighted by Crippen LogP contribution is 2.35. The first-order valence-electron chi connectivity index (χ1n) is 9.12. The van der Waals surface area contributed by atoms with Crippen molar-refractivity contribution in [3.05, 3.63) is 51.2 Å². The van der Waals surface area contributed by atoms with Gasteiger partial charge in [0.25, 0.3) is 0 Å². The largest absolute Gasteiger partial charge is 0.496 e. The first-order valence-corrected chi connectivity index (χ1v) is 10.3. The van der Waals surface area contributed by atoms with Crippen molar-refractivity contribution in [2.45, 2.75) is 19.9 Å². The number of aromatic amines is 1. The van der Waals surface area contributed by atoms with Crippen molar-refractivity contribution in [3.63, 3.8) is 0 Å². The van der Waals surface area contributed by atoms with E-state index in [2.05, 4.69) is 38.5 Å². The third kappa shape index (κ3) is 4.73. The maximum Gasteiger partial charge on any atom is 0.214 e. The van der Waals surface area contributed by atoms with Crippen LogP contribution in [-0.4, -0.2) is 35.7 Å². The molecule has 7 nitrogen and oxygen atoms in total. The Morgan fingerprint density at radius 1 is 1.17 bits per heavy atom. The predicted octanol–water partition coefficient (Wildman–Crippen LogP) is 4.92. The van der Waals surface area contributed by atoms with Gasteiger partial charge in [-0.1, -0.05) is 35.0 Å². The monoisotopic (exact) mass is 478 g/mol. The molecule has 0 radical (unpaired) electrons. The van der Waals surface area contributed by atoms with Crippen molar-refractivity contribution in [1.82, 2.24) is 14.9 Å². The van der Waals surface area contributed by atoms with E-state index in [1.807, 2.05) is 36.4 Å². The Morgan fingerprint density at radius 3 is 2.66 bits per heavy atom. The molecule has 0 atom stereocenters. The number of nitrogens with zero attached hydrogens (tertiary/aromatic N) is 2. The highest BCUT2D eigenvalue weighted by molar-refractivity contribution is 9.10. The summed E-state index contributed by atoms with van der Waals surface area (Å²) in [6, 6.07) is 11.5. The van der Waals surface area contributed by atoms with Gasteiger partial charge in [-0.2, -0.15) is 5.10 Å². The lowest BCUT2D eigenvalue weighted by Crippen LogP contribution is -2.17. The lowest BCUT2D eigenvalue weighted by atomic mass is 10.2. The van der Waals surface area contributed by atoms with Gasteiger partial charge in [-0.3, -0.25) is 0 Å². The van der Waals surface area contributed by atoms with Crippen LogP contribution in [0.3, 0.4) is 0 Å². The second-order valence-electron chi connectivity index (χ2n) is 6.17. The summed E-state index contributed by atoms with van der Waals surface area (Å²) >= 11 is 8.96. The van der Waals surface area contributed by atoms with Crippen LogP contribution in [0.4, 0.5) is 0 Å². The molecule has 1 heterocycles. The van der Waals surface area contributed by atoms with Gasteiger partial charge in [0.1, 0.15) is 5.75 Å². The maximum atomic E-state index is 5.95. The molecule has 0 unspecified atom stereocenters. The summed E-state index contributed by atoms with van der Waals surface area (Å²) in [5.74, 6) is 2.72. The molecule has 0 aliphatic rings. The minimum absolute atomic E-state index is 0.448. The van der Waals surface area contributed by atoms with Crippen molar-refractivity contribution in [1.29, 1.82) is 0 Å². The van der Waals surface area contributed by atoms with Crippen molar-refractivity contribution in [2.24, 2.45) is 0 Å². The maximum absolute atomic E-state index is 5.95. The highest BCUT2D eigenvalue weighted by Gasteiger charge is 2.16. The van der Waals surface area contributed by atoms with Crippen LogP contribution < -0.4 is 19.6 Å². The summed E-state index contributed by atoms with van der Waals surface area (Å²) in [6.07, 6.45) is 0.900. The van der Waals surface area contributed by atoms with Crippen molar-refractivity contribution in [2.75, 3.05) is 26.3 Å². The Kier molecular flexibility index (Phi) is 7.16. The first kappa shape index (κ1) is 21.2. The molecule has 3 aromatic rings. The third-order valence-electron chi connectivity index (χ3n) is 4.21. The molecule has 0 saturated heterocycles. The van der Waals surface area contributed by atoms with Gasteiger partial charge in [-0.25, -0.2) is 9.77 Å². The molecule has 1 aromatic heterocycles. The summed E-state index contributed by atoms with van der Waals surface area (Å²) in [5, 5.41) is 7.21. The smallest absolute Gasteiger partial charge is 0.214 e. The van der Waals surface area contributed by atoms with Crippen LogP contribution in [0.5, 0.6) is 17.2 Å². The molecule has 154 valence electrons. The Hall–Kier alpha value is -2.52. The molecule has 2 aromatic carbocycles. The molecular weight excluding hydrogens is 456 g/mol. The van der Waals surface area contributed by atoms with Gasteiger partial charge in [0.05, 0.1) is 32.9 Å². The summed E-state index contributed by atoms with van der Waals surface area (Å²) < 4.78 is 20.0. The molecule has 0 bridgehead atoms. The number of nitrogens with one attached hydrogen (secondary N) is 2. The van der Waals surface area contributed by atoms with Crippen LogP contribution in [-0.2, 0) is 6.54 Å². The molecule has 0 saturated carbocycles. The molecule has 3 rings (SSSR count). The van der Waals surface area contributed by atoms with Gasteiger partial charge < -0.3 is 19.6 Å². The fourth-order valence-corrected chi connectivity index (χ4v) is 3.57. The molecule has 0 amide bonds. The number of methoxy groups -OCH3 is 2. The van der Waals surface area contributed by atoms with E-state index in [9.17, 15) is 0 Å². The van der Waals surface area contributed by atoms with Gasteiger partial charge in [0.2, 0.25) is 4.77 Å². The zero-order valence-corrected chi connectivity index (χ0v) is 18.9. The van der Waals surface area contributed by atoms with Crippen LogP contribution in [0.1, 0.15) is 18.9 Å². The van der Waals surface area contributed by atoms with Gasteiger partial charge in [0.15, 0.2) is 17.3 Å². The standard InChI is InChI=1S/C20H23BrN4O3S/c1-4-9-28-18-13(10-14(21)11-17(18)27-3)12-22-25-19(23-24-20(25)29)15-7-5-6-8-16(15)26-2/h5-8,10-11,22H,4,9,12H2,1-3H3,(H,24,29). The Morgan fingerprint density at radius 2 is 1.93 bits per heavy atom. The molecule has 2 N–H and O–H groups in total. The zero-order valence-electron chi connectivity index (χ0n) is 16.5. The second-order valence-corrected chi connectivity index (χ2v) is 7.47. The van der Waals surface area contributed by atoms with Gasteiger partial charge in [-0.15, -0.1) is 0 Å². The van der Waals surface area contributed by atoms with Gasteiger partial charge in [0, 0.05) is 10.0 Å². The van der Waals surface area contributed by atoms with E-state index in [-0.39, 0.29) is 0 Å². The minimum atomic E-state index is 0.448. The number of aromatic nitrogens is 3. The van der Waals surface area contributed by atoms with Crippen LogP contribution >= 0.6 is 28.1 Å². The average molecular weight is 479 g/mol. The van der Waals surface area contributed by atoms with Gasteiger partial charge in [-0.05, 0) is 42.9 Å². The van der Waals surface area contributed by atoms with E-state index in [0.29, 0.717) is 41.0 Å². The topological polar surface area (TPSA) is 73.3 Å². The number of para-hydroxylation sites is 1. The number of H-pyrrole nitrogens is 1. The van der Waals surface area contributed by atoms with Crippen molar-refractivity contribution >= 4 is 28.1 Å². The van der Waals surface area contributed by atoms with E-state index in [1.165, 1.54) is 0 Å². The SMILES string of the molecule is CCCOc1c(CNn2c(-c3ccccc3OC)n[nH]c2=S)cc(Br)cc1OC. The molecule has 0 spiro atoms. The number of ether oxygens (including phenoxy) is 3. The van der Waals surface area contributed by atoms with E-state index >= 15 is 0 Å². The molecule has 0 fully saturated rings. The van der Waals surface area contributed by atoms with E-state index < -0.39 is 0 Å². The summed E-state index contributed by atoms with van der Waals surface area (Å²) in [6.45, 7) is 3.11. The molecule has 29 heavy (non-hydrogen) atoms. The summed E-state index contributed by atoms with van der Waals surface area (Å²) in [4.78, 5) is 0. The Balaban J connectivity index is 1.94. The first-order chi connectivity index (χ1) is 14.1. The third-order valence-corrected chi connectivity index (χ3v) is 4.95. The number of hydrogen-bond donors (Lipinski definition) is 2. The van der Waals surface area contributed by atoms with Crippen LogP contribution in [0.2, 0.25) is 0 Å². The van der Waals surface area contributed by atoms with Crippen molar-refractivity contribution < 1.29 is 14.2 Å². The fraction of sp³-hybridized carbons (Fsp3) is 0.300. The molecule has 0 aliphatic carbocycles. The molecular formula is C20H23BrN4O3S. The minimum Gasteiger partial charge on any atom is -0.496 e. The molecule has 0 aliphatic heterocycles. The Labute approximate surface area is 183 Å². The van der Waals surface area contributed by atoms with Gasteiger partial charge >= 0.3 is 0 Å². The van der Waals surface area contributed by atoms with Crippen LogP contribution in [0, 0.1) is 4.77 Å². The number of rotatable bonds is 9. The summed E-state index contributed by atoms with van der Waals surface area (Å²) in [5.41, 5.74) is 5.08. The predicted molar refractivity (Wildman–Crippen MR) is 119 cm³/mol. The van der Waals surface area contributed by atoms with E-state index in [4.69, 9.17) is 26.4 Å². The number of hydrogen-bond acceptors (Lipinski definition) is 6. The summed E-state index contributed by atoms with van der Waals surface area (Å²) in [7, 11) is 3.26. The normalized spacial score (nSPS) is 10.6. The van der Waals surface area contributed by atoms with Crippen LogP contribution in [0.25, 0.3) is 11.4 Å².